The third-order valence-corrected chi connectivity index (χ3v) is 13.6. The van der Waals surface area contributed by atoms with E-state index in [1.807, 2.05) is 4.90 Å². The molecule has 6 nitrogen and oxygen atoms in total. The molecule has 0 spiro atoms. The third kappa shape index (κ3) is 6.04. The number of aliphatic hydroxyl groups excluding tert-OH is 2. The Balaban J connectivity index is 0.997. The predicted octanol–water partition coefficient (Wildman–Crippen LogP) is 6.19. The van der Waals surface area contributed by atoms with Crippen LogP contribution in [-0.4, -0.2) is 70.2 Å². The van der Waals surface area contributed by atoms with E-state index in [0.717, 1.165) is 63.5 Å². The van der Waals surface area contributed by atoms with Crippen LogP contribution in [0.4, 0.5) is 13.2 Å². The summed E-state index contributed by atoms with van der Waals surface area (Å²) in [7, 11) is 0. The van der Waals surface area contributed by atoms with Gasteiger partial charge in [-0.15, -0.1) is 0 Å². The Bertz CT molecular complexity index is 1320. The number of rotatable bonds is 6. The Morgan fingerprint density at radius 2 is 1.54 bits per heavy atom. The van der Waals surface area contributed by atoms with E-state index in [1.54, 1.807) is 4.90 Å². The fourth-order valence-corrected chi connectivity index (χ4v) is 11.0. The van der Waals surface area contributed by atoms with Crippen molar-refractivity contribution < 1.29 is 33.0 Å². The lowest BCUT2D eigenvalue weighted by molar-refractivity contribution is -0.174. The number of fused-ring (bicyclic) bond motifs is 5. The number of benzene rings is 1. The van der Waals surface area contributed by atoms with Crippen molar-refractivity contribution in [3.63, 3.8) is 0 Å². The van der Waals surface area contributed by atoms with Crippen LogP contribution in [0.3, 0.4) is 0 Å². The van der Waals surface area contributed by atoms with Crippen molar-refractivity contribution in [3.05, 3.63) is 41.2 Å². The number of nitrogens with zero attached hydrogens (tertiary/aromatic N) is 2. The van der Waals surface area contributed by atoms with Gasteiger partial charge in [0.2, 0.25) is 11.8 Å². The van der Waals surface area contributed by atoms with E-state index in [9.17, 15) is 33.0 Å². The van der Waals surface area contributed by atoms with Crippen molar-refractivity contribution in [3.8, 4) is 0 Å². The minimum atomic E-state index is -1.54. The van der Waals surface area contributed by atoms with Crippen molar-refractivity contribution in [2.45, 2.75) is 97.2 Å². The first-order chi connectivity index (χ1) is 21.8. The molecule has 5 aliphatic rings. The lowest BCUT2D eigenvalue weighted by Gasteiger charge is -2.62. The molecule has 1 saturated heterocycles. The lowest BCUT2D eigenvalue weighted by Crippen LogP contribution is -2.58. The molecule has 1 aliphatic heterocycles. The molecule has 6 rings (SSSR count). The zero-order valence-electron chi connectivity index (χ0n) is 27.6. The van der Waals surface area contributed by atoms with E-state index in [2.05, 4.69) is 20.8 Å². The molecule has 46 heavy (non-hydrogen) atoms. The van der Waals surface area contributed by atoms with E-state index in [-0.39, 0.29) is 40.4 Å². The molecule has 1 aromatic rings. The zero-order valence-corrected chi connectivity index (χ0v) is 27.6. The van der Waals surface area contributed by atoms with E-state index in [0.29, 0.717) is 68.1 Å². The van der Waals surface area contributed by atoms with Crippen LogP contribution in [0.1, 0.15) is 90.5 Å². The molecule has 2 amide bonds. The molecular weight excluding hydrogens is 593 g/mol. The van der Waals surface area contributed by atoms with Crippen LogP contribution in [0.15, 0.2) is 18.2 Å². The largest absolute Gasteiger partial charge is 0.393 e. The Labute approximate surface area is 271 Å². The summed E-state index contributed by atoms with van der Waals surface area (Å²) < 4.78 is 40.2. The van der Waals surface area contributed by atoms with Gasteiger partial charge in [-0.25, -0.2) is 13.2 Å². The second-order valence-electron chi connectivity index (χ2n) is 15.8. The average molecular weight is 645 g/mol. The fraction of sp³-hybridized carbons (Fsp3) is 0.730. The highest BCUT2D eigenvalue weighted by Crippen LogP contribution is 2.68. The summed E-state index contributed by atoms with van der Waals surface area (Å²) in [6.45, 7) is 8.84. The summed E-state index contributed by atoms with van der Waals surface area (Å²) in [6.07, 6.45) is 11.5. The number of aliphatic hydroxyl groups is 2. The summed E-state index contributed by atoms with van der Waals surface area (Å²) in [5, 5.41) is 21.9. The molecule has 9 heteroatoms. The highest BCUT2D eigenvalue weighted by atomic mass is 19.2. The van der Waals surface area contributed by atoms with Crippen molar-refractivity contribution >= 4 is 17.9 Å². The first-order valence-electron chi connectivity index (χ1n) is 17.6. The van der Waals surface area contributed by atoms with Gasteiger partial charge in [-0.05, 0) is 128 Å². The highest BCUT2D eigenvalue weighted by Gasteiger charge is 2.62. The quantitative estimate of drug-likeness (QED) is 0.286. The Morgan fingerprint density at radius 1 is 0.913 bits per heavy atom. The Hall–Kier alpha value is -2.39. The van der Waals surface area contributed by atoms with Crippen LogP contribution < -0.4 is 0 Å². The predicted molar refractivity (Wildman–Crippen MR) is 170 cm³/mol. The van der Waals surface area contributed by atoms with Gasteiger partial charge in [0.1, 0.15) is 0 Å². The summed E-state index contributed by atoms with van der Waals surface area (Å²) in [4.78, 5) is 29.3. The number of halogens is 3. The zero-order chi connectivity index (χ0) is 33.0. The topological polar surface area (TPSA) is 81.1 Å². The summed E-state index contributed by atoms with van der Waals surface area (Å²) in [5.41, 5.74) is 0.450. The molecular formula is C37H51F3N2O4. The summed E-state index contributed by atoms with van der Waals surface area (Å²) in [6, 6.07) is 1.68. The molecule has 0 unspecified atom stereocenters. The molecule has 5 fully saturated rings. The van der Waals surface area contributed by atoms with Crippen LogP contribution in [0.25, 0.3) is 6.08 Å². The van der Waals surface area contributed by atoms with Gasteiger partial charge in [0.25, 0.3) is 0 Å². The Morgan fingerprint density at radius 3 is 2.24 bits per heavy atom. The second kappa shape index (κ2) is 12.9. The van der Waals surface area contributed by atoms with Crippen molar-refractivity contribution in [2.75, 3.05) is 26.2 Å². The van der Waals surface area contributed by atoms with Gasteiger partial charge in [-0.3, -0.25) is 9.59 Å². The molecule has 4 aliphatic carbocycles. The number of amides is 2. The smallest absolute Gasteiger partial charge is 0.246 e. The van der Waals surface area contributed by atoms with Gasteiger partial charge >= 0.3 is 0 Å². The van der Waals surface area contributed by atoms with Gasteiger partial charge < -0.3 is 20.0 Å². The molecule has 1 heterocycles. The molecule has 0 aromatic heterocycles. The molecule has 2 N–H and O–H groups in total. The summed E-state index contributed by atoms with van der Waals surface area (Å²) in [5.74, 6) is -1.66. The van der Waals surface area contributed by atoms with Crippen LogP contribution in [-0.2, 0) is 9.59 Å². The molecule has 254 valence electrons. The number of carbonyl (C=O) groups is 2. The van der Waals surface area contributed by atoms with Gasteiger partial charge in [0, 0.05) is 38.7 Å². The first-order valence-corrected chi connectivity index (χ1v) is 17.6. The van der Waals surface area contributed by atoms with E-state index < -0.39 is 17.5 Å². The molecule has 1 aromatic carbocycles. The SMILES string of the molecule is C[C@H](CCC(=O)N1CCN(C(=O)/C=C/c2cc(F)c(F)c(F)c2)CC1)[C@H]1CC[C@H]2[C@@H]3[C@@H](O)C[C@@H]4C[C@H](O)CC[C@]4(C)[C@H]3CC[C@]12C. The number of piperazine rings is 1. The standard InChI is InChI=1S/C37H51F3N2O4/c1-22(4-8-32(45)41-14-16-42(17-15-41)33(46)9-5-23-18-29(38)35(40)30(39)19-23)26-6-7-27-34-28(11-13-37(26,27)3)36(2)12-10-25(43)20-24(36)21-31(34)44/h5,9,18-19,22,24-28,31,34,43-44H,4,6-8,10-17,20-21H2,1-3H3/b9-5+/t22-,24+,25-,26-,27+,28+,31+,34+,36+,37-/m1/s1. The molecule has 4 saturated carbocycles. The number of hydrogen-bond donors (Lipinski definition) is 2. The monoisotopic (exact) mass is 644 g/mol. The maximum Gasteiger partial charge on any atom is 0.246 e. The fourth-order valence-electron chi connectivity index (χ4n) is 11.0. The van der Waals surface area contributed by atoms with Gasteiger partial charge in [-0.1, -0.05) is 20.8 Å². The second-order valence-corrected chi connectivity index (χ2v) is 15.8. The normalized spacial score (nSPS) is 38.3. The minimum Gasteiger partial charge on any atom is -0.393 e. The van der Waals surface area contributed by atoms with E-state index in [4.69, 9.17) is 0 Å². The van der Waals surface area contributed by atoms with Crippen LogP contribution in [0.5, 0.6) is 0 Å². The van der Waals surface area contributed by atoms with E-state index in [1.165, 1.54) is 18.6 Å². The maximum absolute atomic E-state index is 13.5. The van der Waals surface area contributed by atoms with Gasteiger partial charge in [0.05, 0.1) is 12.2 Å². The third-order valence-electron chi connectivity index (χ3n) is 13.6. The minimum absolute atomic E-state index is 0.0611. The molecule has 0 radical (unpaired) electrons. The average Bonchev–Trinajstić information content (AvgIpc) is 3.39. The van der Waals surface area contributed by atoms with E-state index >= 15 is 0 Å². The highest BCUT2D eigenvalue weighted by molar-refractivity contribution is 5.92. The van der Waals surface area contributed by atoms with Crippen molar-refractivity contribution in [1.82, 2.24) is 9.80 Å². The van der Waals surface area contributed by atoms with Crippen LogP contribution in [0, 0.1) is 63.8 Å². The maximum atomic E-state index is 13.5. The number of hydrogen-bond acceptors (Lipinski definition) is 4. The Kier molecular flexibility index (Phi) is 9.40. The van der Waals surface area contributed by atoms with Crippen molar-refractivity contribution in [2.24, 2.45) is 46.3 Å². The molecule has 0 bridgehead atoms. The molecule has 10 atom stereocenters. The van der Waals surface area contributed by atoms with Crippen molar-refractivity contribution in [1.29, 1.82) is 0 Å². The first kappa shape index (κ1) is 33.5. The lowest BCUT2D eigenvalue weighted by atomic mass is 9.43. The van der Waals surface area contributed by atoms with Gasteiger partial charge in [-0.2, -0.15) is 0 Å². The van der Waals surface area contributed by atoms with Gasteiger partial charge in [0.15, 0.2) is 17.5 Å². The van der Waals surface area contributed by atoms with Crippen LogP contribution >= 0.6 is 0 Å². The van der Waals surface area contributed by atoms with Crippen LogP contribution in [0.2, 0.25) is 0 Å². The number of carbonyl (C=O) groups excluding carboxylic acids is 2. The summed E-state index contributed by atoms with van der Waals surface area (Å²) >= 11 is 0.